The van der Waals surface area contributed by atoms with Crippen LogP contribution in [0.25, 0.3) is 0 Å². The molecule has 0 aromatic heterocycles. The molecule has 0 fully saturated rings. The largest absolute Gasteiger partial charge is 0.444 e. The van der Waals surface area contributed by atoms with Gasteiger partial charge < -0.3 is 26.0 Å². The number of nitrogens with two attached hydrogens (primary N) is 1. The van der Waals surface area contributed by atoms with Crippen LogP contribution in [0.5, 0.6) is 0 Å². The lowest BCUT2D eigenvalue weighted by atomic mass is 9.99. The highest BCUT2D eigenvalue weighted by atomic mass is 16.6. The third-order valence-corrected chi connectivity index (χ3v) is 6.47. The molecule has 2 aromatic carbocycles. The van der Waals surface area contributed by atoms with Crippen LogP contribution >= 0.6 is 0 Å². The van der Waals surface area contributed by atoms with Crippen molar-refractivity contribution in [2.75, 3.05) is 6.54 Å². The van der Waals surface area contributed by atoms with Gasteiger partial charge >= 0.3 is 6.09 Å². The summed E-state index contributed by atoms with van der Waals surface area (Å²) in [6, 6.07) is 14.2. The van der Waals surface area contributed by atoms with Crippen molar-refractivity contribution in [2.45, 2.75) is 90.4 Å². The standard InChI is InChI=1S/C33H44N4O5/c1-6-8-9-13-22-37(31(40)27(20-21-28(34)38)36-32(41)42-33(3,4)5)29(26-18-16-24(7-2)17-19-26)30(39)35-23-25-14-11-10-12-15-25/h2,10-12,14-19,27,29H,6,8-9,13,20-23H2,1,3-5H3,(H2,34,38)(H,35,39)(H,36,41). The minimum atomic E-state index is -1.15. The number of unbranched alkanes of at least 4 members (excludes halogenated alkanes) is 3. The normalized spacial score (nSPS) is 12.4. The van der Waals surface area contributed by atoms with Crippen LogP contribution < -0.4 is 16.4 Å². The van der Waals surface area contributed by atoms with Crippen molar-refractivity contribution in [1.29, 1.82) is 0 Å². The quantitative estimate of drug-likeness (QED) is 0.211. The third-order valence-electron chi connectivity index (χ3n) is 6.47. The van der Waals surface area contributed by atoms with E-state index in [1.165, 1.54) is 4.90 Å². The number of alkyl carbamates (subject to hydrolysis) is 1. The molecule has 4 amide bonds. The molecule has 0 bridgehead atoms. The topological polar surface area (TPSA) is 131 Å². The van der Waals surface area contributed by atoms with Gasteiger partial charge in [0.2, 0.25) is 17.7 Å². The Labute approximate surface area is 249 Å². The molecule has 0 radical (unpaired) electrons. The molecule has 0 aliphatic heterocycles. The second-order valence-corrected chi connectivity index (χ2v) is 11.2. The maximum Gasteiger partial charge on any atom is 0.408 e. The second-order valence-electron chi connectivity index (χ2n) is 11.2. The number of benzene rings is 2. The third kappa shape index (κ3) is 11.7. The fraction of sp³-hybridized carbons (Fsp3) is 0.455. The van der Waals surface area contributed by atoms with Crippen LogP contribution in [0.15, 0.2) is 54.6 Å². The first-order chi connectivity index (χ1) is 19.9. The van der Waals surface area contributed by atoms with Crippen LogP contribution in [0.4, 0.5) is 4.79 Å². The summed E-state index contributed by atoms with van der Waals surface area (Å²) in [6.07, 6.45) is 8.00. The number of carbonyl (C=O) groups is 4. The van der Waals surface area contributed by atoms with Gasteiger partial charge in [-0.05, 0) is 56.9 Å². The molecule has 0 aliphatic rings. The number of amides is 4. The van der Waals surface area contributed by atoms with Gasteiger partial charge in [-0.25, -0.2) is 4.79 Å². The van der Waals surface area contributed by atoms with Crippen molar-refractivity contribution in [3.63, 3.8) is 0 Å². The number of hydrogen-bond acceptors (Lipinski definition) is 5. The molecule has 2 unspecified atom stereocenters. The van der Waals surface area contributed by atoms with Crippen LogP contribution in [-0.4, -0.2) is 46.9 Å². The van der Waals surface area contributed by atoms with Crippen molar-refractivity contribution in [1.82, 2.24) is 15.5 Å². The first-order valence-corrected chi connectivity index (χ1v) is 14.4. The molecule has 9 nitrogen and oxygen atoms in total. The van der Waals surface area contributed by atoms with E-state index >= 15 is 0 Å². The summed E-state index contributed by atoms with van der Waals surface area (Å²) in [5.41, 5.74) is 6.69. The zero-order valence-electron chi connectivity index (χ0n) is 25.2. The highest BCUT2D eigenvalue weighted by Gasteiger charge is 2.36. The number of rotatable bonds is 15. The van der Waals surface area contributed by atoms with E-state index in [1.807, 2.05) is 30.3 Å². The van der Waals surface area contributed by atoms with Gasteiger partial charge in [-0.3, -0.25) is 14.4 Å². The molecule has 0 spiro atoms. The Kier molecular flexibility index (Phi) is 13.6. The average molecular weight is 577 g/mol. The van der Waals surface area contributed by atoms with Crippen LogP contribution in [0.2, 0.25) is 0 Å². The number of nitrogens with one attached hydrogen (secondary N) is 2. The van der Waals surface area contributed by atoms with E-state index in [-0.39, 0.29) is 31.8 Å². The Balaban J connectivity index is 2.50. The highest BCUT2D eigenvalue weighted by molar-refractivity contribution is 5.92. The first-order valence-electron chi connectivity index (χ1n) is 14.4. The fourth-order valence-electron chi connectivity index (χ4n) is 4.39. The summed E-state index contributed by atoms with van der Waals surface area (Å²) in [5, 5.41) is 5.58. The van der Waals surface area contributed by atoms with Crippen LogP contribution in [0.1, 0.15) is 89.0 Å². The number of ether oxygens (including phenoxy) is 1. The fourth-order valence-corrected chi connectivity index (χ4v) is 4.39. The lowest BCUT2D eigenvalue weighted by Gasteiger charge is -2.34. The highest BCUT2D eigenvalue weighted by Crippen LogP contribution is 2.25. The molecule has 2 atom stereocenters. The predicted molar refractivity (Wildman–Crippen MR) is 163 cm³/mol. The maximum atomic E-state index is 14.2. The van der Waals surface area contributed by atoms with Gasteiger partial charge in [0.15, 0.2) is 0 Å². The number of nitrogens with zero attached hydrogens (tertiary/aromatic N) is 1. The minimum absolute atomic E-state index is 0.0484. The molecular formula is C33H44N4O5. The minimum Gasteiger partial charge on any atom is -0.444 e. The Bertz CT molecular complexity index is 1220. The van der Waals surface area contributed by atoms with E-state index in [4.69, 9.17) is 16.9 Å². The molecule has 2 aromatic rings. The summed E-state index contributed by atoms with van der Waals surface area (Å²) in [4.78, 5) is 54.0. The molecular weight excluding hydrogens is 532 g/mol. The van der Waals surface area contributed by atoms with Crippen molar-refractivity contribution in [3.8, 4) is 12.3 Å². The van der Waals surface area contributed by atoms with E-state index in [0.29, 0.717) is 17.5 Å². The molecule has 0 heterocycles. The van der Waals surface area contributed by atoms with Gasteiger partial charge in [-0.1, -0.05) is 74.6 Å². The first kappa shape index (κ1) is 33.9. The molecule has 0 saturated carbocycles. The summed E-state index contributed by atoms with van der Waals surface area (Å²) in [6.45, 7) is 7.72. The Morgan fingerprint density at radius 2 is 1.67 bits per heavy atom. The molecule has 0 saturated heterocycles. The molecule has 0 aliphatic carbocycles. The lowest BCUT2D eigenvalue weighted by Crippen LogP contribution is -2.53. The van der Waals surface area contributed by atoms with E-state index < -0.39 is 35.6 Å². The summed E-state index contributed by atoms with van der Waals surface area (Å²) in [5.74, 6) is 1.05. The maximum absolute atomic E-state index is 14.2. The zero-order chi connectivity index (χ0) is 31.1. The Morgan fingerprint density at radius 1 is 1.00 bits per heavy atom. The molecule has 4 N–H and O–H groups in total. The van der Waals surface area contributed by atoms with Gasteiger partial charge in [0.05, 0.1) is 0 Å². The van der Waals surface area contributed by atoms with Gasteiger partial charge in [-0.2, -0.15) is 0 Å². The van der Waals surface area contributed by atoms with Gasteiger partial charge in [0.25, 0.3) is 0 Å². The van der Waals surface area contributed by atoms with E-state index in [9.17, 15) is 19.2 Å². The smallest absolute Gasteiger partial charge is 0.408 e. The Morgan fingerprint density at radius 3 is 2.24 bits per heavy atom. The average Bonchev–Trinajstić information content (AvgIpc) is 2.95. The number of terminal acetylenes is 1. The van der Waals surface area contributed by atoms with Crippen molar-refractivity contribution in [2.24, 2.45) is 5.73 Å². The number of hydrogen-bond donors (Lipinski definition) is 3. The second kappa shape index (κ2) is 16.8. The lowest BCUT2D eigenvalue weighted by molar-refractivity contribution is -0.143. The van der Waals surface area contributed by atoms with Crippen LogP contribution in [0.3, 0.4) is 0 Å². The van der Waals surface area contributed by atoms with E-state index in [2.05, 4.69) is 23.5 Å². The monoisotopic (exact) mass is 576 g/mol. The Hall–Kier alpha value is -4.32. The molecule has 9 heteroatoms. The van der Waals surface area contributed by atoms with Crippen molar-refractivity contribution >= 4 is 23.8 Å². The summed E-state index contributed by atoms with van der Waals surface area (Å²) >= 11 is 0. The van der Waals surface area contributed by atoms with E-state index in [0.717, 1.165) is 24.8 Å². The molecule has 42 heavy (non-hydrogen) atoms. The molecule has 226 valence electrons. The van der Waals surface area contributed by atoms with Crippen LogP contribution in [-0.2, 0) is 25.7 Å². The zero-order valence-corrected chi connectivity index (χ0v) is 25.2. The van der Waals surface area contributed by atoms with Crippen molar-refractivity contribution in [3.05, 3.63) is 71.3 Å². The van der Waals surface area contributed by atoms with Gasteiger partial charge in [-0.15, -0.1) is 6.42 Å². The number of primary amides is 1. The SMILES string of the molecule is C#Cc1ccc(C(C(=O)NCc2ccccc2)N(CCCCCC)C(=O)C(CCC(N)=O)NC(=O)OC(C)(C)C)cc1. The van der Waals surface area contributed by atoms with Gasteiger partial charge in [0, 0.05) is 25.1 Å². The summed E-state index contributed by atoms with van der Waals surface area (Å²) in [7, 11) is 0. The predicted octanol–water partition coefficient (Wildman–Crippen LogP) is 4.59. The van der Waals surface area contributed by atoms with Crippen LogP contribution in [0, 0.1) is 12.3 Å². The number of carbonyl (C=O) groups excluding carboxylic acids is 4. The van der Waals surface area contributed by atoms with Gasteiger partial charge in [0.1, 0.15) is 17.7 Å². The van der Waals surface area contributed by atoms with Crippen molar-refractivity contribution < 1.29 is 23.9 Å². The molecule has 2 rings (SSSR count). The van der Waals surface area contributed by atoms with E-state index in [1.54, 1.807) is 45.0 Å². The summed E-state index contributed by atoms with van der Waals surface area (Å²) < 4.78 is 5.39.